The van der Waals surface area contributed by atoms with Crippen LogP contribution in [0.2, 0.25) is 0 Å². The number of hydrogen-bond donors (Lipinski definition) is 1. The molecule has 2 atom stereocenters. The van der Waals surface area contributed by atoms with E-state index in [1.165, 1.54) is 36.8 Å². The summed E-state index contributed by atoms with van der Waals surface area (Å²) < 4.78 is 0. The highest BCUT2D eigenvalue weighted by Crippen LogP contribution is 2.28. The van der Waals surface area contributed by atoms with Gasteiger partial charge in [-0.05, 0) is 42.9 Å². The van der Waals surface area contributed by atoms with E-state index in [4.69, 9.17) is 0 Å². The average molecular weight is 218 g/mol. The second-order valence-electron chi connectivity index (χ2n) is 4.89. The number of nitrogens with one attached hydrogen (secondary N) is 1. The number of rotatable bonds is 4. The van der Waals surface area contributed by atoms with Crippen molar-refractivity contribution in [2.75, 3.05) is 0 Å². The molecule has 2 unspecified atom stereocenters. The lowest BCUT2D eigenvalue weighted by molar-refractivity contribution is 0.389. The van der Waals surface area contributed by atoms with Gasteiger partial charge in [0, 0.05) is 25.0 Å². The van der Waals surface area contributed by atoms with Crippen molar-refractivity contribution in [2.24, 2.45) is 5.92 Å². The molecule has 1 heterocycles. The second kappa shape index (κ2) is 5.44. The van der Waals surface area contributed by atoms with E-state index in [0.29, 0.717) is 0 Å². The zero-order chi connectivity index (χ0) is 11.4. The molecule has 88 valence electrons. The van der Waals surface area contributed by atoms with Crippen LogP contribution in [0.15, 0.2) is 18.5 Å². The predicted molar refractivity (Wildman–Crippen MR) is 67.2 cm³/mol. The Bertz CT molecular complexity index is 335. The van der Waals surface area contributed by atoms with Crippen molar-refractivity contribution < 1.29 is 0 Å². The summed E-state index contributed by atoms with van der Waals surface area (Å²) in [5.41, 5.74) is 2.68. The Morgan fingerprint density at radius 2 is 2.31 bits per heavy atom. The van der Waals surface area contributed by atoms with Gasteiger partial charge in [0.15, 0.2) is 0 Å². The summed E-state index contributed by atoms with van der Waals surface area (Å²) in [4.78, 5) is 4.19. The van der Waals surface area contributed by atoms with Crippen LogP contribution in [0.4, 0.5) is 0 Å². The Morgan fingerprint density at radius 3 is 3.06 bits per heavy atom. The molecule has 1 aliphatic rings. The lowest BCUT2D eigenvalue weighted by atomic mass is 10.0. The van der Waals surface area contributed by atoms with Crippen LogP contribution in [-0.2, 0) is 6.54 Å². The molecule has 0 saturated heterocycles. The Kier molecular flexibility index (Phi) is 3.94. The number of hydrogen-bond acceptors (Lipinski definition) is 2. The first-order valence-corrected chi connectivity index (χ1v) is 6.44. The molecule has 1 fully saturated rings. The minimum atomic E-state index is 0.726. The lowest BCUT2D eigenvalue weighted by Gasteiger charge is -2.20. The third-order valence-corrected chi connectivity index (χ3v) is 3.89. The van der Waals surface area contributed by atoms with Crippen LogP contribution < -0.4 is 5.32 Å². The summed E-state index contributed by atoms with van der Waals surface area (Å²) >= 11 is 0. The van der Waals surface area contributed by atoms with Gasteiger partial charge < -0.3 is 5.32 Å². The van der Waals surface area contributed by atoms with Crippen LogP contribution in [0.5, 0.6) is 0 Å². The molecular formula is C14H22N2. The van der Waals surface area contributed by atoms with Gasteiger partial charge in [0.25, 0.3) is 0 Å². The molecule has 2 rings (SSSR count). The largest absolute Gasteiger partial charge is 0.310 e. The van der Waals surface area contributed by atoms with Crippen LogP contribution in [0.1, 0.15) is 43.7 Å². The molecule has 16 heavy (non-hydrogen) atoms. The van der Waals surface area contributed by atoms with Gasteiger partial charge in [-0.15, -0.1) is 0 Å². The summed E-state index contributed by atoms with van der Waals surface area (Å²) in [7, 11) is 0. The Morgan fingerprint density at radius 1 is 1.44 bits per heavy atom. The molecule has 0 amide bonds. The zero-order valence-electron chi connectivity index (χ0n) is 10.4. The maximum Gasteiger partial charge on any atom is 0.0315 e. The minimum absolute atomic E-state index is 0.726. The van der Waals surface area contributed by atoms with Gasteiger partial charge in [0.05, 0.1) is 0 Å². The van der Waals surface area contributed by atoms with Crippen molar-refractivity contribution in [3.63, 3.8) is 0 Å². The van der Waals surface area contributed by atoms with Gasteiger partial charge >= 0.3 is 0 Å². The summed E-state index contributed by atoms with van der Waals surface area (Å²) in [5.74, 6) is 0.886. The van der Waals surface area contributed by atoms with Crippen LogP contribution in [0.3, 0.4) is 0 Å². The molecule has 1 aromatic heterocycles. The van der Waals surface area contributed by atoms with E-state index in [0.717, 1.165) is 18.5 Å². The number of aryl methyl sites for hydroxylation is 1. The standard InChI is InChI=1S/C14H22N2/c1-3-12-5-4-6-14(12)16-10-13-9-15-8-7-11(13)2/h7-9,12,14,16H,3-6,10H2,1-2H3. The number of aromatic nitrogens is 1. The van der Waals surface area contributed by atoms with Crippen LogP contribution in [-0.4, -0.2) is 11.0 Å². The normalized spacial score (nSPS) is 24.9. The fourth-order valence-electron chi connectivity index (χ4n) is 2.72. The smallest absolute Gasteiger partial charge is 0.0315 e. The topological polar surface area (TPSA) is 24.9 Å². The molecule has 0 bridgehead atoms. The molecule has 1 N–H and O–H groups in total. The van der Waals surface area contributed by atoms with E-state index in [1.54, 1.807) is 0 Å². The van der Waals surface area contributed by atoms with Crippen molar-refractivity contribution in [1.29, 1.82) is 0 Å². The zero-order valence-corrected chi connectivity index (χ0v) is 10.4. The quantitative estimate of drug-likeness (QED) is 0.840. The number of nitrogens with zero attached hydrogens (tertiary/aromatic N) is 1. The third kappa shape index (κ3) is 2.62. The molecule has 2 nitrogen and oxygen atoms in total. The molecule has 1 aromatic rings. The maximum atomic E-state index is 4.19. The van der Waals surface area contributed by atoms with Crippen molar-refractivity contribution in [3.05, 3.63) is 29.6 Å². The highest BCUT2D eigenvalue weighted by Gasteiger charge is 2.24. The van der Waals surface area contributed by atoms with Gasteiger partial charge in [-0.2, -0.15) is 0 Å². The van der Waals surface area contributed by atoms with E-state index >= 15 is 0 Å². The van der Waals surface area contributed by atoms with Gasteiger partial charge in [-0.3, -0.25) is 4.98 Å². The Hall–Kier alpha value is -0.890. The van der Waals surface area contributed by atoms with Gasteiger partial charge in [0.1, 0.15) is 0 Å². The van der Waals surface area contributed by atoms with Crippen LogP contribution in [0.25, 0.3) is 0 Å². The average Bonchev–Trinajstić information content (AvgIpc) is 2.75. The van der Waals surface area contributed by atoms with Crippen LogP contribution in [0, 0.1) is 12.8 Å². The molecule has 1 saturated carbocycles. The van der Waals surface area contributed by atoms with Gasteiger partial charge in [-0.1, -0.05) is 19.8 Å². The lowest BCUT2D eigenvalue weighted by Crippen LogP contribution is -2.31. The molecule has 0 spiro atoms. The summed E-state index contributed by atoms with van der Waals surface area (Å²) in [6.07, 6.45) is 9.30. The van der Waals surface area contributed by atoms with E-state index in [9.17, 15) is 0 Å². The molecular weight excluding hydrogens is 196 g/mol. The van der Waals surface area contributed by atoms with E-state index in [-0.39, 0.29) is 0 Å². The predicted octanol–water partition coefficient (Wildman–Crippen LogP) is 3.06. The number of pyridine rings is 1. The van der Waals surface area contributed by atoms with E-state index < -0.39 is 0 Å². The highest BCUT2D eigenvalue weighted by molar-refractivity contribution is 5.21. The Labute approximate surface area is 98.5 Å². The Balaban J connectivity index is 1.90. The highest BCUT2D eigenvalue weighted by atomic mass is 14.9. The monoisotopic (exact) mass is 218 g/mol. The first-order chi connectivity index (χ1) is 7.81. The summed E-state index contributed by atoms with van der Waals surface area (Å²) in [6, 6.07) is 2.81. The molecule has 2 heteroatoms. The first kappa shape index (κ1) is 11.6. The van der Waals surface area contributed by atoms with Gasteiger partial charge in [0.2, 0.25) is 0 Å². The summed E-state index contributed by atoms with van der Waals surface area (Å²) in [6.45, 7) is 5.44. The van der Waals surface area contributed by atoms with E-state index in [2.05, 4.69) is 30.2 Å². The molecule has 1 aliphatic carbocycles. The van der Waals surface area contributed by atoms with E-state index in [1.807, 2.05) is 12.4 Å². The third-order valence-electron chi connectivity index (χ3n) is 3.89. The second-order valence-corrected chi connectivity index (χ2v) is 4.89. The van der Waals surface area contributed by atoms with Crippen molar-refractivity contribution in [3.8, 4) is 0 Å². The molecule has 0 aromatic carbocycles. The van der Waals surface area contributed by atoms with Gasteiger partial charge in [-0.25, -0.2) is 0 Å². The maximum absolute atomic E-state index is 4.19. The van der Waals surface area contributed by atoms with Crippen molar-refractivity contribution >= 4 is 0 Å². The minimum Gasteiger partial charge on any atom is -0.310 e. The van der Waals surface area contributed by atoms with Crippen LogP contribution >= 0.6 is 0 Å². The summed E-state index contributed by atoms with van der Waals surface area (Å²) in [5, 5.41) is 3.70. The fraction of sp³-hybridized carbons (Fsp3) is 0.643. The molecule has 0 radical (unpaired) electrons. The van der Waals surface area contributed by atoms with Crippen molar-refractivity contribution in [2.45, 2.75) is 52.1 Å². The van der Waals surface area contributed by atoms with Crippen molar-refractivity contribution in [1.82, 2.24) is 10.3 Å². The first-order valence-electron chi connectivity index (χ1n) is 6.44. The molecule has 0 aliphatic heterocycles. The SMILES string of the molecule is CCC1CCCC1NCc1cnccc1C. The fourth-order valence-corrected chi connectivity index (χ4v) is 2.72.